The van der Waals surface area contributed by atoms with Crippen LogP contribution < -0.4 is 0 Å². The lowest BCUT2D eigenvalue weighted by Gasteiger charge is -1.96. The van der Waals surface area contributed by atoms with Gasteiger partial charge in [-0.1, -0.05) is 4.49 Å². The summed E-state index contributed by atoms with van der Waals surface area (Å²) >= 11 is 2.23. The van der Waals surface area contributed by atoms with Gasteiger partial charge in [-0.25, -0.2) is 4.79 Å². The summed E-state index contributed by atoms with van der Waals surface area (Å²) in [6.45, 7) is 1.99. The highest BCUT2D eigenvalue weighted by molar-refractivity contribution is 8.02. The Bertz CT molecular complexity index is 601. The largest absolute Gasteiger partial charge is 0.460 e. The molecule has 2 rings (SSSR count). The molecule has 0 aliphatic carbocycles. The minimum Gasteiger partial charge on any atom is -0.460 e. The normalized spacial score (nSPS) is 10.1. The lowest BCUT2D eigenvalue weighted by atomic mass is 10.2. The van der Waals surface area contributed by atoms with Gasteiger partial charge in [0.1, 0.15) is 16.9 Å². The lowest BCUT2D eigenvalue weighted by Crippen LogP contribution is -2.02. The van der Waals surface area contributed by atoms with Crippen molar-refractivity contribution in [3.63, 3.8) is 0 Å². The first-order valence-electron chi connectivity index (χ1n) is 5.34. The summed E-state index contributed by atoms with van der Waals surface area (Å²) in [4.78, 5) is 11.6. The van der Waals surface area contributed by atoms with Crippen molar-refractivity contribution in [2.24, 2.45) is 0 Å². The molecule has 19 heavy (non-hydrogen) atoms. The predicted molar refractivity (Wildman–Crippen MR) is 70.5 cm³/mol. The van der Waals surface area contributed by atoms with Gasteiger partial charge in [0.05, 0.1) is 12.4 Å². The van der Waals surface area contributed by atoms with E-state index in [-0.39, 0.29) is 12.4 Å². The van der Waals surface area contributed by atoms with Gasteiger partial charge in [0.15, 0.2) is 0 Å². The second-order valence-electron chi connectivity index (χ2n) is 3.34. The molecule has 0 fully saturated rings. The molecule has 2 aromatic heterocycles. The van der Waals surface area contributed by atoms with Gasteiger partial charge in [0.2, 0.25) is 5.76 Å². The van der Waals surface area contributed by atoms with E-state index in [0.29, 0.717) is 22.8 Å². The van der Waals surface area contributed by atoms with Gasteiger partial charge >= 0.3 is 5.97 Å². The van der Waals surface area contributed by atoms with Crippen molar-refractivity contribution in [3.8, 4) is 16.7 Å². The van der Waals surface area contributed by atoms with Crippen LogP contribution in [0.3, 0.4) is 0 Å². The molecule has 0 bridgehead atoms. The fourth-order valence-electron chi connectivity index (χ4n) is 1.44. The quantitative estimate of drug-likeness (QED) is 0.618. The minimum atomic E-state index is -0.528. The van der Waals surface area contributed by atoms with Crippen LogP contribution in [0.15, 0.2) is 15.9 Å². The Morgan fingerprint density at radius 3 is 3.16 bits per heavy atom. The van der Waals surface area contributed by atoms with E-state index in [1.54, 1.807) is 18.4 Å². The summed E-state index contributed by atoms with van der Waals surface area (Å²) in [7, 11) is 0. The zero-order valence-electron chi connectivity index (χ0n) is 9.95. The molecule has 2 aromatic rings. The maximum Gasteiger partial charge on any atom is 0.374 e. The van der Waals surface area contributed by atoms with Gasteiger partial charge in [-0.05, 0) is 30.2 Å². The number of esters is 1. The molecule has 0 aromatic carbocycles. The summed E-state index contributed by atoms with van der Waals surface area (Å²) in [5.41, 5.74) is 1.29. The summed E-state index contributed by atoms with van der Waals surface area (Å²) in [5, 5.41) is 16.3. The molecule has 0 aliphatic rings. The lowest BCUT2D eigenvalue weighted by molar-refractivity contribution is 0.0488. The molecule has 0 saturated carbocycles. The Kier molecular flexibility index (Phi) is 4.54. The van der Waals surface area contributed by atoms with E-state index in [1.165, 1.54) is 11.5 Å². The minimum absolute atomic E-state index is 0.110. The zero-order valence-corrected chi connectivity index (χ0v) is 11.6. The average molecular weight is 295 g/mol. The third-order valence-corrected chi connectivity index (χ3v) is 3.23. The number of aromatic nitrogens is 2. The SMILES string of the molecule is CCOC(=O)c1cc(-c2csnn2)c(CSC#N)o1. The van der Waals surface area contributed by atoms with Crippen LogP contribution >= 0.6 is 23.3 Å². The van der Waals surface area contributed by atoms with Gasteiger partial charge in [0, 0.05) is 17.0 Å². The number of hydrogen-bond acceptors (Lipinski definition) is 8. The number of carbonyl (C=O) groups is 1. The summed E-state index contributed by atoms with van der Waals surface area (Å²) in [5.74, 6) is 0.434. The molecule has 8 heteroatoms. The summed E-state index contributed by atoms with van der Waals surface area (Å²) < 4.78 is 14.1. The van der Waals surface area contributed by atoms with E-state index in [0.717, 1.165) is 11.8 Å². The average Bonchev–Trinajstić information content (AvgIpc) is 3.05. The van der Waals surface area contributed by atoms with Gasteiger partial charge in [-0.2, -0.15) is 5.26 Å². The molecule has 0 aliphatic heterocycles. The molecule has 0 atom stereocenters. The number of furan rings is 1. The van der Waals surface area contributed by atoms with Crippen molar-refractivity contribution in [1.29, 1.82) is 5.26 Å². The molecular formula is C11H9N3O3S2. The predicted octanol–water partition coefficient (Wildman–Crippen LogP) is 2.69. The van der Waals surface area contributed by atoms with Crippen molar-refractivity contribution in [1.82, 2.24) is 9.59 Å². The second-order valence-corrected chi connectivity index (χ2v) is 4.71. The Hall–Kier alpha value is -1.85. The topological polar surface area (TPSA) is 89.0 Å². The Balaban J connectivity index is 2.34. The highest BCUT2D eigenvalue weighted by atomic mass is 32.2. The maximum absolute atomic E-state index is 11.6. The fraction of sp³-hybridized carbons (Fsp3) is 0.273. The fourth-order valence-corrected chi connectivity index (χ4v) is 2.30. The van der Waals surface area contributed by atoms with Crippen LogP contribution in [0.4, 0.5) is 0 Å². The molecule has 0 spiro atoms. The first-order valence-corrected chi connectivity index (χ1v) is 7.16. The van der Waals surface area contributed by atoms with E-state index in [1.807, 2.05) is 5.40 Å². The molecule has 2 heterocycles. The van der Waals surface area contributed by atoms with Crippen LogP contribution in [0.25, 0.3) is 11.3 Å². The monoisotopic (exact) mass is 295 g/mol. The second kappa shape index (κ2) is 6.36. The summed E-state index contributed by atoms with van der Waals surface area (Å²) in [6, 6.07) is 1.57. The van der Waals surface area contributed by atoms with Gasteiger partial charge in [0.25, 0.3) is 0 Å². The molecule has 6 nitrogen and oxygen atoms in total. The standard InChI is InChI=1S/C11H9N3O3S2/c1-2-16-11(15)9-3-7(8-4-19-14-13-8)10(17-9)5-18-6-12/h3-4H,2,5H2,1H3. The Morgan fingerprint density at radius 2 is 2.53 bits per heavy atom. The van der Waals surface area contributed by atoms with Gasteiger partial charge in [-0.15, -0.1) is 5.10 Å². The van der Waals surface area contributed by atoms with Crippen molar-refractivity contribution in [3.05, 3.63) is 23.0 Å². The van der Waals surface area contributed by atoms with Crippen molar-refractivity contribution in [2.45, 2.75) is 12.7 Å². The van der Waals surface area contributed by atoms with Crippen LogP contribution in [-0.4, -0.2) is 22.2 Å². The molecule has 0 unspecified atom stereocenters. The van der Waals surface area contributed by atoms with Crippen LogP contribution in [0.1, 0.15) is 23.2 Å². The zero-order chi connectivity index (χ0) is 13.7. The van der Waals surface area contributed by atoms with Crippen LogP contribution in [0, 0.1) is 10.7 Å². The van der Waals surface area contributed by atoms with Crippen LogP contribution in [0.5, 0.6) is 0 Å². The van der Waals surface area contributed by atoms with Crippen LogP contribution in [0.2, 0.25) is 0 Å². The van der Waals surface area contributed by atoms with E-state index >= 15 is 0 Å². The molecular weight excluding hydrogens is 286 g/mol. The first-order chi connectivity index (χ1) is 9.26. The Morgan fingerprint density at radius 1 is 1.68 bits per heavy atom. The van der Waals surface area contributed by atoms with E-state index < -0.39 is 5.97 Å². The molecule has 98 valence electrons. The number of hydrogen-bond donors (Lipinski definition) is 0. The third-order valence-electron chi connectivity index (χ3n) is 2.19. The number of nitriles is 1. The van der Waals surface area contributed by atoms with E-state index in [2.05, 4.69) is 9.59 Å². The number of thioether (sulfide) groups is 1. The van der Waals surface area contributed by atoms with Crippen LogP contribution in [-0.2, 0) is 10.5 Å². The molecule has 0 amide bonds. The number of nitrogens with zero attached hydrogens (tertiary/aromatic N) is 3. The van der Waals surface area contributed by atoms with Gasteiger partial charge in [-0.3, -0.25) is 0 Å². The van der Waals surface area contributed by atoms with Crippen molar-refractivity contribution >= 4 is 29.3 Å². The van der Waals surface area contributed by atoms with E-state index in [9.17, 15) is 4.79 Å². The highest BCUT2D eigenvalue weighted by Crippen LogP contribution is 2.29. The number of carbonyl (C=O) groups excluding carboxylic acids is 1. The summed E-state index contributed by atoms with van der Waals surface area (Å²) in [6.07, 6.45) is 0. The van der Waals surface area contributed by atoms with E-state index in [4.69, 9.17) is 14.4 Å². The maximum atomic E-state index is 11.6. The van der Waals surface area contributed by atoms with Crippen molar-refractivity contribution < 1.29 is 13.9 Å². The number of thiocyanates is 1. The van der Waals surface area contributed by atoms with Crippen molar-refractivity contribution in [2.75, 3.05) is 6.61 Å². The first kappa shape index (κ1) is 13.6. The number of rotatable bonds is 5. The highest BCUT2D eigenvalue weighted by Gasteiger charge is 2.20. The van der Waals surface area contributed by atoms with Gasteiger partial charge < -0.3 is 9.15 Å². The molecule has 0 saturated heterocycles. The molecule has 0 N–H and O–H groups in total. The smallest absolute Gasteiger partial charge is 0.374 e. The Labute approximate surface area is 117 Å². The number of ether oxygens (including phenoxy) is 1. The third kappa shape index (κ3) is 3.13. The molecule has 0 radical (unpaired) electrons.